The lowest BCUT2D eigenvalue weighted by Gasteiger charge is -2.10. The number of hydrogen-bond acceptors (Lipinski definition) is 6. The van der Waals surface area contributed by atoms with Gasteiger partial charge in [0.15, 0.2) is 11.5 Å². The number of aromatic nitrogens is 2. The van der Waals surface area contributed by atoms with Gasteiger partial charge in [0.1, 0.15) is 5.76 Å². The van der Waals surface area contributed by atoms with Gasteiger partial charge in [-0.15, -0.1) is 11.3 Å². The molecule has 0 radical (unpaired) electrons. The van der Waals surface area contributed by atoms with E-state index in [-0.39, 0.29) is 5.91 Å². The summed E-state index contributed by atoms with van der Waals surface area (Å²) in [7, 11) is 0. The number of hydrogen-bond donors (Lipinski definition) is 1. The van der Waals surface area contributed by atoms with E-state index in [4.69, 9.17) is 9.05 Å². The number of fused-ring (bicyclic) bond motifs is 3. The fourth-order valence-electron chi connectivity index (χ4n) is 3.15. The van der Waals surface area contributed by atoms with E-state index in [1.807, 2.05) is 25.3 Å². The third-order valence-corrected chi connectivity index (χ3v) is 5.42. The maximum atomic E-state index is 12.5. The lowest BCUT2D eigenvalue weighted by atomic mass is 9.95. The molecule has 24 heavy (non-hydrogen) atoms. The van der Waals surface area contributed by atoms with Gasteiger partial charge in [-0.1, -0.05) is 10.3 Å². The molecule has 124 valence electrons. The first-order valence-corrected chi connectivity index (χ1v) is 8.78. The molecule has 4 rings (SSSR count). The number of aryl methyl sites for hydroxylation is 3. The van der Waals surface area contributed by atoms with Crippen molar-refractivity contribution in [2.24, 2.45) is 0 Å². The maximum Gasteiger partial charge on any atom is 0.273 e. The smallest absolute Gasteiger partial charge is 0.273 e. The van der Waals surface area contributed by atoms with E-state index in [1.54, 1.807) is 11.3 Å². The number of nitrogens with one attached hydrogen (secondary N) is 1. The summed E-state index contributed by atoms with van der Waals surface area (Å²) in [5.41, 5.74) is 4.30. The van der Waals surface area contributed by atoms with Gasteiger partial charge >= 0.3 is 0 Å². The molecule has 7 heteroatoms. The molecule has 0 bridgehead atoms. The molecule has 1 N–H and O–H groups in total. The van der Waals surface area contributed by atoms with Crippen molar-refractivity contribution in [3.8, 4) is 11.3 Å². The monoisotopic (exact) mass is 343 g/mol. The molecule has 0 saturated carbocycles. The summed E-state index contributed by atoms with van der Waals surface area (Å²) in [4.78, 5) is 13.8. The van der Waals surface area contributed by atoms with Crippen molar-refractivity contribution < 1.29 is 13.8 Å². The largest absolute Gasteiger partial charge is 0.361 e. The Bertz CT molecular complexity index is 887. The van der Waals surface area contributed by atoms with Gasteiger partial charge in [-0.05, 0) is 44.6 Å². The van der Waals surface area contributed by atoms with Gasteiger partial charge in [0.25, 0.3) is 5.91 Å². The Labute approximate surface area is 142 Å². The third-order valence-electron chi connectivity index (χ3n) is 4.44. The van der Waals surface area contributed by atoms with E-state index < -0.39 is 0 Å². The number of carbonyl (C=O) groups excluding carboxylic acids is 1. The highest BCUT2D eigenvalue weighted by atomic mass is 32.1. The quantitative estimate of drug-likeness (QED) is 0.787. The summed E-state index contributed by atoms with van der Waals surface area (Å²) >= 11 is 1.72. The van der Waals surface area contributed by atoms with Crippen molar-refractivity contribution in [1.29, 1.82) is 0 Å². The van der Waals surface area contributed by atoms with Crippen LogP contribution in [0.2, 0.25) is 0 Å². The van der Waals surface area contributed by atoms with Crippen LogP contribution in [-0.2, 0) is 19.3 Å². The van der Waals surface area contributed by atoms with E-state index >= 15 is 0 Å². The van der Waals surface area contributed by atoms with Crippen molar-refractivity contribution in [1.82, 2.24) is 15.6 Å². The number of amides is 1. The summed E-state index contributed by atoms with van der Waals surface area (Å²) in [5.74, 6) is 1.35. The van der Waals surface area contributed by atoms with Crippen LogP contribution in [0.3, 0.4) is 0 Å². The number of nitrogens with zero attached hydrogens (tertiary/aromatic N) is 2. The van der Waals surface area contributed by atoms with Crippen LogP contribution in [0.1, 0.15) is 37.9 Å². The summed E-state index contributed by atoms with van der Waals surface area (Å²) in [6.07, 6.45) is 2.40. The summed E-state index contributed by atoms with van der Waals surface area (Å²) in [6, 6.07) is 2.03. The minimum Gasteiger partial charge on any atom is -0.361 e. The topological polar surface area (TPSA) is 81.2 Å². The van der Waals surface area contributed by atoms with Crippen LogP contribution >= 0.6 is 11.3 Å². The number of rotatable bonds is 4. The first-order valence-electron chi connectivity index (χ1n) is 7.90. The van der Waals surface area contributed by atoms with Crippen LogP contribution in [0, 0.1) is 13.8 Å². The van der Waals surface area contributed by atoms with E-state index in [2.05, 4.69) is 15.6 Å². The lowest BCUT2D eigenvalue weighted by molar-refractivity contribution is 0.0944. The van der Waals surface area contributed by atoms with Crippen molar-refractivity contribution in [2.45, 2.75) is 33.1 Å². The van der Waals surface area contributed by atoms with Gasteiger partial charge in [0.05, 0.1) is 5.69 Å². The Morgan fingerprint density at radius 3 is 2.96 bits per heavy atom. The Balaban J connectivity index is 1.47. The average Bonchev–Trinajstić information content (AvgIpc) is 3.27. The summed E-state index contributed by atoms with van der Waals surface area (Å²) in [6.45, 7) is 4.29. The molecule has 6 nitrogen and oxygen atoms in total. The van der Waals surface area contributed by atoms with Crippen molar-refractivity contribution >= 4 is 17.2 Å². The molecule has 1 amide bonds. The van der Waals surface area contributed by atoms with E-state index in [9.17, 15) is 4.79 Å². The molecule has 0 aromatic carbocycles. The van der Waals surface area contributed by atoms with E-state index in [0.29, 0.717) is 18.7 Å². The van der Waals surface area contributed by atoms with Crippen LogP contribution in [0.5, 0.6) is 0 Å². The van der Waals surface area contributed by atoms with Gasteiger partial charge in [-0.3, -0.25) is 4.79 Å². The fourth-order valence-corrected chi connectivity index (χ4v) is 4.03. The number of carbonyl (C=O) groups is 1. The Kier molecular flexibility index (Phi) is 3.72. The summed E-state index contributed by atoms with van der Waals surface area (Å²) < 4.78 is 10.6. The van der Waals surface area contributed by atoms with Crippen LogP contribution in [0.4, 0.5) is 0 Å². The highest BCUT2D eigenvalue weighted by Crippen LogP contribution is 2.37. The molecule has 1 aliphatic rings. The molecule has 3 heterocycles. The van der Waals surface area contributed by atoms with Crippen molar-refractivity contribution in [3.63, 3.8) is 0 Å². The molecule has 0 saturated heterocycles. The second-order valence-corrected chi connectivity index (χ2v) is 6.91. The van der Waals surface area contributed by atoms with Gasteiger partial charge < -0.3 is 14.4 Å². The molecule has 3 aromatic rings. The molecule has 1 aliphatic carbocycles. The van der Waals surface area contributed by atoms with Crippen LogP contribution in [0.15, 0.2) is 20.5 Å². The highest BCUT2D eigenvalue weighted by molar-refractivity contribution is 7.10. The fraction of sp³-hybridized carbons (Fsp3) is 0.353. The molecule has 0 spiro atoms. The molecular formula is C17H17N3O3S. The normalized spacial score (nSPS) is 12.8. The van der Waals surface area contributed by atoms with Gasteiger partial charge in [0, 0.05) is 28.1 Å². The molecule has 0 fully saturated rings. The lowest BCUT2D eigenvalue weighted by Crippen LogP contribution is -2.27. The zero-order valence-electron chi connectivity index (χ0n) is 13.5. The minimum atomic E-state index is -0.189. The maximum absolute atomic E-state index is 12.5. The molecule has 0 aliphatic heterocycles. The average molecular weight is 343 g/mol. The Morgan fingerprint density at radius 2 is 2.17 bits per heavy atom. The second kappa shape index (κ2) is 5.90. The van der Waals surface area contributed by atoms with Crippen molar-refractivity contribution in [2.75, 3.05) is 6.54 Å². The Hall–Kier alpha value is -2.41. The van der Waals surface area contributed by atoms with Gasteiger partial charge in [0.2, 0.25) is 0 Å². The molecule has 0 unspecified atom stereocenters. The third kappa shape index (κ3) is 2.45. The van der Waals surface area contributed by atoms with E-state index in [0.717, 1.165) is 46.7 Å². The van der Waals surface area contributed by atoms with Gasteiger partial charge in [-0.25, -0.2) is 0 Å². The molecule has 3 aromatic heterocycles. The zero-order chi connectivity index (χ0) is 16.7. The first-order chi connectivity index (χ1) is 11.6. The predicted molar refractivity (Wildman–Crippen MR) is 89.2 cm³/mol. The molecular weight excluding hydrogens is 326 g/mol. The Morgan fingerprint density at radius 1 is 1.29 bits per heavy atom. The van der Waals surface area contributed by atoms with E-state index in [1.165, 1.54) is 4.88 Å². The van der Waals surface area contributed by atoms with Crippen LogP contribution < -0.4 is 5.32 Å². The number of thiophene rings is 1. The SMILES string of the molecule is Cc1noc(C)c1CCNC(=O)c1noc2c1CCc1sccc1-2. The minimum absolute atomic E-state index is 0.189. The summed E-state index contributed by atoms with van der Waals surface area (Å²) in [5, 5.41) is 12.9. The first kappa shape index (κ1) is 15.1. The second-order valence-electron chi connectivity index (χ2n) is 5.90. The van der Waals surface area contributed by atoms with Gasteiger partial charge in [-0.2, -0.15) is 0 Å². The van der Waals surface area contributed by atoms with Crippen LogP contribution in [-0.4, -0.2) is 22.8 Å². The van der Waals surface area contributed by atoms with Crippen LogP contribution in [0.25, 0.3) is 11.3 Å². The predicted octanol–water partition coefficient (Wildman–Crippen LogP) is 3.08. The highest BCUT2D eigenvalue weighted by Gasteiger charge is 2.28. The molecule has 0 atom stereocenters. The van der Waals surface area contributed by atoms with Crippen molar-refractivity contribution in [3.05, 3.63) is 44.6 Å². The zero-order valence-corrected chi connectivity index (χ0v) is 14.3. The standard InChI is InChI=1S/C17H17N3O3S/c1-9-11(10(2)22-19-9)5-7-18-17(21)15-13-3-4-14-12(6-8-24-14)16(13)23-20-15/h6,8H,3-5,7H2,1-2H3,(H,18,21).